The summed E-state index contributed by atoms with van der Waals surface area (Å²) in [6.07, 6.45) is 0. The Hall–Kier alpha value is -3.67. The van der Waals surface area contributed by atoms with E-state index >= 15 is 0 Å². The van der Waals surface area contributed by atoms with Gasteiger partial charge < -0.3 is 15.0 Å². The van der Waals surface area contributed by atoms with Crippen LogP contribution in [-0.2, 0) is 14.3 Å². The van der Waals surface area contributed by atoms with Gasteiger partial charge in [-0.05, 0) is 42.6 Å². The molecule has 0 fully saturated rings. The number of nitrogens with one attached hydrogen (secondary N) is 1. The van der Waals surface area contributed by atoms with Gasteiger partial charge in [0.15, 0.2) is 6.61 Å². The molecule has 3 aromatic rings. The summed E-state index contributed by atoms with van der Waals surface area (Å²) < 4.78 is 5.21. The monoisotopic (exact) mass is 390 g/mol. The summed E-state index contributed by atoms with van der Waals surface area (Å²) in [6, 6.07) is 19.9. The van der Waals surface area contributed by atoms with E-state index in [1.807, 2.05) is 49.4 Å². The number of amides is 2. The first-order valence-electron chi connectivity index (χ1n) is 9.32. The molecule has 0 heterocycles. The fraction of sp³-hybridized carbons (Fsp3) is 0.174. The van der Waals surface area contributed by atoms with Crippen LogP contribution in [0.15, 0.2) is 66.7 Å². The average Bonchev–Trinajstić information content (AvgIpc) is 2.73. The molecule has 0 bridgehead atoms. The number of carbonyl (C=O) groups is 3. The van der Waals surface area contributed by atoms with Gasteiger partial charge >= 0.3 is 5.97 Å². The van der Waals surface area contributed by atoms with Crippen LogP contribution in [0, 0.1) is 0 Å². The molecule has 3 rings (SSSR count). The van der Waals surface area contributed by atoms with Crippen LogP contribution in [0.2, 0.25) is 0 Å². The predicted octanol–water partition coefficient (Wildman–Crippen LogP) is 4.01. The van der Waals surface area contributed by atoms with Crippen molar-refractivity contribution in [2.75, 3.05) is 23.4 Å². The minimum atomic E-state index is -0.596. The normalized spacial score (nSPS) is 10.4. The highest BCUT2D eigenvalue weighted by atomic mass is 16.5. The van der Waals surface area contributed by atoms with Crippen LogP contribution in [-0.4, -0.2) is 30.9 Å². The van der Waals surface area contributed by atoms with E-state index in [0.717, 1.165) is 16.5 Å². The summed E-state index contributed by atoms with van der Waals surface area (Å²) >= 11 is 0. The Morgan fingerprint density at radius 2 is 1.62 bits per heavy atom. The minimum absolute atomic E-state index is 0.195. The fourth-order valence-corrected chi connectivity index (χ4v) is 3.11. The van der Waals surface area contributed by atoms with Gasteiger partial charge in [-0.25, -0.2) is 4.79 Å². The van der Waals surface area contributed by atoms with Gasteiger partial charge in [-0.2, -0.15) is 0 Å². The van der Waals surface area contributed by atoms with E-state index in [-0.39, 0.29) is 18.4 Å². The van der Waals surface area contributed by atoms with E-state index < -0.39 is 5.97 Å². The number of esters is 1. The number of fused-ring (bicyclic) bond motifs is 1. The lowest BCUT2D eigenvalue weighted by molar-refractivity contribution is -0.121. The third-order valence-electron chi connectivity index (χ3n) is 4.44. The highest BCUT2D eigenvalue weighted by Gasteiger charge is 2.18. The molecule has 2 amide bonds. The zero-order valence-electron chi connectivity index (χ0n) is 16.3. The Kier molecular flexibility index (Phi) is 6.24. The lowest BCUT2D eigenvalue weighted by Crippen LogP contribution is -2.34. The second-order valence-corrected chi connectivity index (χ2v) is 6.47. The van der Waals surface area contributed by atoms with Gasteiger partial charge in [-0.15, -0.1) is 0 Å². The van der Waals surface area contributed by atoms with E-state index in [9.17, 15) is 14.4 Å². The molecule has 0 aliphatic rings. The van der Waals surface area contributed by atoms with Gasteiger partial charge in [0.1, 0.15) is 0 Å². The third-order valence-corrected chi connectivity index (χ3v) is 4.44. The van der Waals surface area contributed by atoms with Gasteiger partial charge in [-0.3, -0.25) is 9.59 Å². The number of carbonyl (C=O) groups excluding carboxylic acids is 3. The summed E-state index contributed by atoms with van der Waals surface area (Å²) in [7, 11) is 0. The topological polar surface area (TPSA) is 75.7 Å². The smallest absolute Gasteiger partial charge is 0.338 e. The highest BCUT2D eigenvalue weighted by molar-refractivity contribution is 6.04. The molecule has 0 saturated carbocycles. The Balaban J connectivity index is 1.68. The van der Waals surface area contributed by atoms with Crippen LogP contribution in [0.5, 0.6) is 0 Å². The summed E-state index contributed by atoms with van der Waals surface area (Å²) in [4.78, 5) is 37.7. The molecule has 3 aromatic carbocycles. The molecule has 0 unspecified atom stereocenters. The van der Waals surface area contributed by atoms with Gasteiger partial charge in [-0.1, -0.05) is 36.4 Å². The molecule has 0 aliphatic heterocycles. The number of nitrogens with zero attached hydrogens (tertiary/aromatic N) is 1. The lowest BCUT2D eigenvalue weighted by atomic mass is 10.1. The number of likely N-dealkylation sites (N-methyl/N-ethyl adjacent to an activating group) is 1. The zero-order chi connectivity index (χ0) is 20.8. The number of rotatable bonds is 6. The largest absolute Gasteiger partial charge is 0.452 e. The van der Waals surface area contributed by atoms with Crippen LogP contribution in [0.1, 0.15) is 24.2 Å². The molecule has 0 saturated heterocycles. The molecular formula is C23H22N2O4. The SMILES string of the molecule is CCN(C(=O)COC(=O)c1ccc(NC(C)=O)cc1)c1cccc2ccccc12. The van der Waals surface area contributed by atoms with Crippen molar-refractivity contribution in [1.29, 1.82) is 0 Å². The second kappa shape index (κ2) is 9.01. The van der Waals surface area contributed by atoms with Gasteiger partial charge in [0.2, 0.25) is 5.91 Å². The van der Waals surface area contributed by atoms with E-state index in [0.29, 0.717) is 17.8 Å². The maximum Gasteiger partial charge on any atom is 0.338 e. The van der Waals surface area contributed by atoms with Crippen LogP contribution in [0.3, 0.4) is 0 Å². The zero-order valence-corrected chi connectivity index (χ0v) is 16.3. The van der Waals surface area contributed by atoms with Gasteiger partial charge in [0.05, 0.1) is 11.3 Å². The second-order valence-electron chi connectivity index (χ2n) is 6.47. The average molecular weight is 390 g/mol. The van der Waals surface area contributed by atoms with E-state index in [4.69, 9.17) is 4.74 Å². The van der Waals surface area contributed by atoms with Crippen LogP contribution in [0.25, 0.3) is 10.8 Å². The Morgan fingerprint density at radius 1 is 0.931 bits per heavy atom. The van der Waals surface area contributed by atoms with Crippen molar-refractivity contribution in [3.63, 3.8) is 0 Å². The van der Waals surface area contributed by atoms with Crippen molar-refractivity contribution < 1.29 is 19.1 Å². The number of anilines is 2. The molecule has 0 aliphatic carbocycles. The van der Waals surface area contributed by atoms with E-state index in [2.05, 4.69) is 5.32 Å². The van der Waals surface area contributed by atoms with Crippen molar-refractivity contribution in [2.24, 2.45) is 0 Å². The van der Waals surface area contributed by atoms with Gasteiger partial charge in [0.25, 0.3) is 5.91 Å². The maximum absolute atomic E-state index is 12.7. The molecule has 0 atom stereocenters. The van der Waals surface area contributed by atoms with Crippen LogP contribution in [0.4, 0.5) is 11.4 Å². The van der Waals surface area contributed by atoms with Crippen molar-refractivity contribution in [3.8, 4) is 0 Å². The molecule has 6 heteroatoms. The summed E-state index contributed by atoms with van der Waals surface area (Å²) in [5, 5.41) is 4.62. The van der Waals surface area contributed by atoms with Crippen molar-refractivity contribution in [2.45, 2.75) is 13.8 Å². The van der Waals surface area contributed by atoms with Crippen molar-refractivity contribution in [3.05, 3.63) is 72.3 Å². The fourth-order valence-electron chi connectivity index (χ4n) is 3.11. The van der Waals surface area contributed by atoms with Crippen molar-refractivity contribution in [1.82, 2.24) is 0 Å². The molecule has 1 N–H and O–H groups in total. The summed E-state index contributed by atoms with van der Waals surface area (Å²) in [6.45, 7) is 3.38. The number of hydrogen-bond acceptors (Lipinski definition) is 4. The van der Waals surface area contributed by atoms with E-state index in [1.54, 1.807) is 29.2 Å². The Labute approximate surface area is 169 Å². The lowest BCUT2D eigenvalue weighted by Gasteiger charge is -2.22. The van der Waals surface area contributed by atoms with Crippen LogP contribution >= 0.6 is 0 Å². The Bertz CT molecular complexity index is 1040. The highest BCUT2D eigenvalue weighted by Crippen LogP contribution is 2.26. The van der Waals surface area contributed by atoms with Crippen molar-refractivity contribution >= 4 is 39.9 Å². The standard InChI is InChI=1S/C23H22N2O4/c1-3-25(21-10-6-8-17-7-4-5-9-20(17)21)22(27)15-29-23(28)18-11-13-19(14-12-18)24-16(2)26/h4-14H,3,15H2,1-2H3,(H,24,26). The molecule has 0 spiro atoms. The molecule has 148 valence electrons. The molecule has 29 heavy (non-hydrogen) atoms. The molecule has 6 nitrogen and oxygen atoms in total. The third kappa shape index (κ3) is 4.79. The van der Waals surface area contributed by atoms with Crippen LogP contribution < -0.4 is 10.2 Å². The van der Waals surface area contributed by atoms with E-state index in [1.165, 1.54) is 6.92 Å². The molecule has 0 radical (unpaired) electrons. The Morgan fingerprint density at radius 3 is 2.31 bits per heavy atom. The summed E-state index contributed by atoms with van der Waals surface area (Å²) in [5.41, 5.74) is 1.67. The number of benzene rings is 3. The quantitative estimate of drug-likeness (QED) is 0.646. The number of ether oxygens (including phenoxy) is 1. The predicted molar refractivity (Wildman–Crippen MR) is 113 cm³/mol. The van der Waals surface area contributed by atoms with Gasteiger partial charge in [0, 0.05) is 24.5 Å². The minimum Gasteiger partial charge on any atom is -0.452 e. The first-order chi connectivity index (χ1) is 14.0. The maximum atomic E-state index is 12.7. The first-order valence-corrected chi connectivity index (χ1v) is 9.32. The molecule has 0 aromatic heterocycles. The number of hydrogen-bond donors (Lipinski definition) is 1. The first kappa shape index (κ1) is 20.1. The molecular weight excluding hydrogens is 368 g/mol. The summed E-state index contributed by atoms with van der Waals surface area (Å²) in [5.74, 6) is -1.09.